The molecule has 1 heterocycles. The van der Waals surface area contributed by atoms with Crippen molar-refractivity contribution in [2.24, 2.45) is 5.92 Å². The SMILES string of the molecule is COC[C@H]1C[C@@H](C=O)N(O)C1. The minimum absolute atomic E-state index is 0.292. The Labute approximate surface area is 65.7 Å². The summed E-state index contributed by atoms with van der Waals surface area (Å²) in [7, 11) is 1.62. The summed E-state index contributed by atoms with van der Waals surface area (Å²) in [6.07, 6.45) is 1.48. The molecule has 4 heteroatoms. The Bertz CT molecular complexity index is 140. The van der Waals surface area contributed by atoms with Crippen LogP contribution in [0.25, 0.3) is 0 Å². The number of rotatable bonds is 3. The molecule has 0 radical (unpaired) electrons. The lowest BCUT2D eigenvalue weighted by Gasteiger charge is -2.09. The first-order chi connectivity index (χ1) is 5.27. The first-order valence-electron chi connectivity index (χ1n) is 3.67. The van der Waals surface area contributed by atoms with E-state index < -0.39 is 0 Å². The van der Waals surface area contributed by atoms with Crippen LogP contribution in [0.5, 0.6) is 0 Å². The molecule has 2 atom stereocenters. The molecular weight excluding hydrogens is 146 g/mol. The quantitative estimate of drug-likeness (QED) is 0.585. The molecule has 0 aromatic rings. The van der Waals surface area contributed by atoms with Gasteiger partial charge < -0.3 is 14.7 Å². The van der Waals surface area contributed by atoms with Gasteiger partial charge in [0, 0.05) is 13.7 Å². The van der Waals surface area contributed by atoms with Gasteiger partial charge in [-0.2, -0.15) is 5.06 Å². The minimum atomic E-state index is -0.324. The fourth-order valence-electron chi connectivity index (χ4n) is 1.42. The Morgan fingerprint density at radius 1 is 1.82 bits per heavy atom. The molecular formula is C7H13NO3. The fourth-order valence-corrected chi connectivity index (χ4v) is 1.42. The van der Waals surface area contributed by atoms with Crippen LogP contribution in [0.15, 0.2) is 0 Å². The summed E-state index contributed by atoms with van der Waals surface area (Å²) in [4.78, 5) is 10.3. The minimum Gasteiger partial charge on any atom is -0.384 e. The highest BCUT2D eigenvalue weighted by Gasteiger charge is 2.30. The maximum absolute atomic E-state index is 10.3. The van der Waals surface area contributed by atoms with E-state index in [2.05, 4.69) is 0 Å². The van der Waals surface area contributed by atoms with Gasteiger partial charge in [-0.15, -0.1) is 0 Å². The van der Waals surface area contributed by atoms with Gasteiger partial charge in [-0.05, 0) is 12.3 Å². The summed E-state index contributed by atoms with van der Waals surface area (Å²) in [6.45, 7) is 1.15. The largest absolute Gasteiger partial charge is 0.384 e. The lowest BCUT2D eigenvalue weighted by atomic mass is 10.1. The van der Waals surface area contributed by atoms with Crippen molar-refractivity contribution in [3.05, 3.63) is 0 Å². The smallest absolute Gasteiger partial charge is 0.139 e. The molecule has 1 N–H and O–H groups in total. The zero-order valence-corrected chi connectivity index (χ0v) is 6.56. The van der Waals surface area contributed by atoms with Crippen LogP contribution >= 0.6 is 0 Å². The highest BCUT2D eigenvalue weighted by molar-refractivity contribution is 5.57. The second-order valence-corrected chi connectivity index (χ2v) is 2.88. The maximum atomic E-state index is 10.3. The number of aldehydes is 1. The molecule has 0 aromatic carbocycles. The van der Waals surface area contributed by atoms with Crippen LogP contribution in [0.4, 0.5) is 0 Å². The highest BCUT2D eigenvalue weighted by Crippen LogP contribution is 2.19. The molecule has 1 aliphatic rings. The number of carbonyl (C=O) groups excluding carboxylic acids is 1. The van der Waals surface area contributed by atoms with Crippen LogP contribution in [0.3, 0.4) is 0 Å². The van der Waals surface area contributed by atoms with E-state index in [0.29, 0.717) is 25.5 Å². The van der Waals surface area contributed by atoms with Gasteiger partial charge in [-0.25, -0.2) is 0 Å². The van der Waals surface area contributed by atoms with Crippen molar-refractivity contribution >= 4 is 6.29 Å². The van der Waals surface area contributed by atoms with Gasteiger partial charge in [0.05, 0.1) is 12.6 Å². The predicted molar refractivity (Wildman–Crippen MR) is 38.3 cm³/mol. The number of carbonyl (C=O) groups is 1. The lowest BCUT2D eigenvalue weighted by molar-refractivity contribution is -0.133. The molecule has 4 nitrogen and oxygen atoms in total. The molecule has 1 rings (SSSR count). The van der Waals surface area contributed by atoms with E-state index in [1.807, 2.05) is 0 Å². The molecule has 1 aliphatic heterocycles. The molecule has 0 aromatic heterocycles. The van der Waals surface area contributed by atoms with E-state index in [4.69, 9.17) is 9.94 Å². The number of hydrogen-bond donors (Lipinski definition) is 1. The Balaban J connectivity index is 2.36. The van der Waals surface area contributed by atoms with Crippen molar-refractivity contribution in [2.75, 3.05) is 20.3 Å². The van der Waals surface area contributed by atoms with Crippen LogP contribution in [0.1, 0.15) is 6.42 Å². The van der Waals surface area contributed by atoms with Crippen LogP contribution in [0, 0.1) is 5.92 Å². The molecule has 64 valence electrons. The summed E-state index contributed by atoms with van der Waals surface area (Å²) in [6, 6.07) is -0.324. The zero-order valence-electron chi connectivity index (χ0n) is 6.56. The van der Waals surface area contributed by atoms with E-state index in [1.165, 1.54) is 0 Å². The summed E-state index contributed by atoms with van der Waals surface area (Å²) in [5.41, 5.74) is 0. The molecule has 0 aliphatic carbocycles. The first kappa shape index (κ1) is 8.64. The second kappa shape index (κ2) is 3.80. The van der Waals surface area contributed by atoms with E-state index in [-0.39, 0.29) is 6.04 Å². The summed E-state index contributed by atoms with van der Waals surface area (Å²) < 4.78 is 4.91. The number of ether oxygens (including phenoxy) is 1. The monoisotopic (exact) mass is 159 g/mol. The number of methoxy groups -OCH3 is 1. The van der Waals surface area contributed by atoms with Crippen molar-refractivity contribution in [2.45, 2.75) is 12.5 Å². The topological polar surface area (TPSA) is 49.8 Å². The maximum Gasteiger partial charge on any atom is 0.139 e. The van der Waals surface area contributed by atoms with Crippen LogP contribution in [-0.2, 0) is 9.53 Å². The molecule has 0 amide bonds. The Morgan fingerprint density at radius 2 is 2.55 bits per heavy atom. The molecule has 1 fully saturated rings. The standard InChI is InChI=1S/C7H13NO3/c1-11-5-6-2-7(4-9)8(10)3-6/h4,6-7,10H,2-3,5H2,1H3/t6-,7-/m0/s1. The van der Waals surface area contributed by atoms with Crippen molar-refractivity contribution in [1.82, 2.24) is 5.06 Å². The normalized spacial score (nSPS) is 32.5. The number of hydrogen-bond acceptors (Lipinski definition) is 4. The Hall–Kier alpha value is -0.450. The third kappa shape index (κ3) is 1.99. The van der Waals surface area contributed by atoms with Gasteiger partial charge in [0.15, 0.2) is 0 Å². The Morgan fingerprint density at radius 3 is 3.00 bits per heavy atom. The number of hydroxylamine groups is 2. The van der Waals surface area contributed by atoms with Crippen LogP contribution in [-0.4, -0.2) is 42.9 Å². The van der Waals surface area contributed by atoms with Crippen molar-refractivity contribution in [3.8, 4) is 0 Å². The zero-order chi connectivity index (χ0) is 8.27. The van der Waals surface area contributed by atoms with E-state index in [1.54, 1.807) is 7.11 Å². The average molecular weight is 159 g/mol. The van der Waals surface area contributed by atoms with Crippen molar-refractivity contribution < 1.29 is 14.7 Å². The predicted octanol–water partition coefficient (Wildman–Crippen LogP) is -0.0886. The van der Waals surface area contributed by atoms with Gasteiger partial charge >= 0.3 is 0 Å². The van der Waals surface area contributed by atoms with Crippen LogP contribution in [0.2, 0.25) is 0 Å². The molecule has 0 spiro atoms. The van der Waals surface area contributed by atoms with E-state index in [0.717, 1.165) is 11.3 Å². The molecule has 1 saturated heterocycles. The lowest BCUT2D eigenvalue weighted by Crippen LogP contribution is -2.26. The van der Waals surface area contributed by atoms with E-state index >= 15 is 0 Å². The summed E-state index contributed by atoms with van der Waals surface area (Å²) in [5.74, 6) is 0.292. The molecule has 0 saturated carbocycles. The highest BCUT2D eigenvalue weighted by atomic mass is 16.5. The second-order valence-electron chi connectivity index (χ2n) is 2.88. The third-order valence-corrected chi connectivity index (χ3v) is 1.96. The van der Waals surface area contributed by atoms with Gasteiger partial charge in [-0.1, -0.05) is 0 Å². The molecule has 11 heavy (non-hydrogen) atoms. The molecule has 0 unspecified atom stereocenters. The fraction of sp³-hybridized carbons (Fsp3) is 0.857. The summed E-state index contributed by atoms with van der Waals surface area (Å²) in [5, 5.41) is 10.2. The van der Waals surface area contributed by atoms with Gasteiger partial charge in [0.25, 0.3) is 0 Å². The average Bonchev–Trinajstić information content (AvgIpc) is 2.32. The van der Waals surface area contributed by atoms with Crippen molar-refractivity contribution in [1.29, 1.82) is 0 Å². The first-order valence-corrected chi connectivity index (χ1v) is 3.67. The van der Waals surface area contributed by atoms with Gasteiger partial charge in [0.2, 0.25) is 0 Å². The van der Waals surface area contributed by atoms with Gasteiger partial charge in [-0.3, -0.25) is 0 Å². The molecule has 0 bridgehead atoms. The Kier molecular flexibility index (Phi) is 2.99. The van der Waals surface area contributed by atoms with Gasteiger partial charge in [0.1, 0.15) is 6.29 Å². The van der Waals surface area contributed by atoms with E-state index in [9.17, 15) is 4.79 Å². The summed E-state index contributed by atoms with van der Waals surface area (Å²) >= 11 is 0. The van der Waals surface area contributed by atoms with Crippen molar-refractivity contribution in [3.63, 3.8) is 0 Å². The van der Waals surface area contributed by atoms with Crippen LogP contribution < -0.4 is 0 Å². The number of nitrogens with zero attached hydrogens (tertiary/aromatic N) is 1. The third-order valence-electron chi connectivity index (χ3n) is 1.96.